The second-order valence-corrected chi connectivity index (χ2v) is 0.657. The van der Waals surface area contributed by atoms with E-state index in [4.69, 9.17) is 29.9 Å². The van der Waals surface area contributed by atoms with Crippen LogP contribution in [0.4, 0.5) is 0 Å². The van der Waals surface area contributed by atoms with Gasteiger partial charge < -0.3 is 25.0 Å². The van der Waals surface area contributed by atoms with E-state index in [2.05, 4.69) is 0 Å². The summed E-state index contributed by atoms with van der Waals surface area (Å²) in [6.07, 6.45) is 0. The number of carboxylic acids is 2. The molecule has 0 fully saturated rings. The quantitative estimate of drug-likeness (QED) is 0.171. The fourth-order valence-corrected chi connectivity index (χ4v) is 0. The zero-order valence-electron chi connectivity index (χ0n) is 5.94. The van der Waals surface area contributed by atoms with Crippen molar-refractivity contribution in [1.29, 1.82) is 0 Å². The van der Waals surface area contributed by atoms with Crippen molar-refractivity contribution in [3.8, 4) is 0 Å². The van der Waals surface area contributed by atoms with Crippen molar-refractivity contribution in [2.45, 2.75) is 0 Å². The van der Waals surface area contributed by atoms with E-state index in [-0.39, 0.29) is 59.1 Å². The van der Waals surface area contributed by atoms with Gasteiger partial charge in [0.05, 0.1) is 11.9 Å². The van der Waals surface area contributed by atoms with E-state index < -0.39 is 11.9 Å². The van der Waals surface area contributed by atoms with E-state index in [1.54, 1.807) is 0 Å². The van der Waals surface area contributed by atoms with Gasteiger partial charge in [-0.3, -0.25) is 0 Å². The van der Waals surface area contributed by atoms with Gasteiger partial charge in [0.1, 0.15) is 0 Å². The first-order valence-corrected chi connectivity index (χ1v) is 1.45. The summed E-state index contributed by atoms with van der Waals surface area (Å²) in [5, 5.41) is 25.7. The van der Waals surface area contributed by atoms with Gasteiger partial charge >= 0.3 is 59.1 Å². The Kier molecular flexibility index (Phi) is 34.3. The first-order valence-electron chi connectivity index (χ1n) is 1.45. The van der Waals surface area contributed by atoms with Crippen LogP contribution in [-0.2, 0) is 9.59 Å². The molecule has 0 amide bonds. The smallest absolute Gasteiger partial charge is 0.543 e. The summed E-state index contributed by atoms with van der Waals surface area (Å²) in [5.74, 6) is -4.37. The van der Waals surface area contributed by atoms with Crippen molar-refractivity contribution in [2.75, 3.05) is 0 Å². The van der Waals surface area contributed by atoms with Gasteiger partial charge in [0, 0.05) is 0 Å². The van der Waals surface area contributed by atoms with Gasteiger partial charge in [-0.05, 0) is 0 Å². The Balaban J connectivity index is -0.0000000437. The molecule has 0 saturated heterocycles. The molecule has 0 aliphatic carbocycles. The Bertz CT molecular complexity index is 114. The molecule has 0 bridgehead atoms. The fourth-order valence-electron chi connectivity index (χ4n) is 0. The van der Waals surface area contributed by atoms with Gasteiger partial charge in [-0.25, -0.2) is 0 Å². The first kappa shape index (κ1) is 22.5. The number of carbonyl (C=O) groups excluding carboxylic acids is 2. The Morgan fingerprint density at radius 1 is 1.09 bits per heavy atom. The number of hydrogen-bond acceptors (Lipinski definition) is 6. The molecule has 0 aromatic heterocycles. The Morgan fingerprint density at radius 2 is 1.18 bits per heavy atom. The van der Waals surface area contributed by atoms with Gasteiger partial charge in [0.15, 0.2) is 5.34 Å². The number of nitrogens with zero attached hydrogens (tertiary/aromatic N) is 1. The molecular weight excluding hydrogens is 180 g/mol. The second kappa shape index (κ2) is 16.7. The van der Waals surface area contributed by atoms with Crippen molar-refractivity contribution in [3.63, 3.8) is 0 Å². The molecule has 0 saturated carbocycles. The zero-order chi connectivity index (χ0) is 7.86. The first-order chi connectivity index (χ1) is 4.06. The normalized spacial score (nSPS) is 5.09. The average Bonchev–Trinajstić information content (AvgIpc) is 1.68. The maximum atomic E-state index is 8.93. The maximum absolute atomic E-state index is 8.93. The van der Waals surface area contributed by atoms with Crippen LogP contribution in [0, 0.1) is 4.91 Å². The van der Waals surface area contributed by atoms with Crippen molar-refractivity contribution in [3.05, 3.63) is 4.91 Å². The topological polar surface area (TPSA) is 130 Å². The molecule has 11 heavy (non-hydrogen) atoms. The number of rotatable bonds is 0. The SMILES string of the molecule is O=C([O-])C(=O)[O-].O=NO.[Na+].[Na+]. The van der Waals surface area contributed by atoms with Crippen molar-refractivity contribution in [1.82, 2.24) is 0 Å². The molecule has 0 radical (unpaired) electrons. The summed E-state index contributed by atoms with van der Waals surface area (Å²) >= 11 is 0. The number of hydrogen-bond donors (Lipinski definition) is 1. The minimum Gasteiger partial charge on any atom is -0.543 e. The van der Waals surface area contributed by atoms with Gasteiger partial charge in [-0.15, -0.1) is 4.91 Å². The summed E-state index contributed by atoms with van der Waals surface area (Å²) in [7, 11) is 0. The predicted molar refractivity (Wildman–Crippen MR) is 17.6 cm³/mol. The molecule has 0 aliphatic rings. The van der Waals surface area contributed by atoms with E-state index in [0.29, 0.717) is 0 Å². The third-order valence-corrected chi connectivity index (χ3v) is 0.167. The van der Waals surface area contributed by atoms with Gasteiger partial charge in [-0.2, -0.15) is 0 Å². The summed E-state index contributed by atoms with van der Waals surface area (Å²) in [5.41, 5.74) is 0. The minimum atomic E-state index is -2.19. The molecule has 0 spiro atoms. The predicted octanol–water partition coefficient (Wildman–Crippen LogP) is -9.36. The van der Waals surface area contributed by atoms with Crippen LogP contribution in [0.1, 0.15) is 0 Å². The molecule has 0 heterocycles. The van der Waals surface area contributed by atoms with E-state index in [9.17, 15) is 0 Å². The molecule has 52 valence electrons. The molecule has 0 atom stereocenters. The second-order valence-electron chi connectivity index (χ2n) is 0.657. The van der Waals surface area contributed by atoms with Crippen LogP contribution < -0.4 is 69.3 Å². The van der Waals surface area contributed by atoms with Gasteiger partial charge in [-0.1, -0.05) is 0 Å². The number of carbonyl (C=O) groups is 2. The monoisotopic (exact) mass is 181 g/mol. The molecule has 9 heteroatoms. The van der Waals surface area contributed by atoms with E-state index >= 15 is 0 Å². The largest absolute Gasteiger partial charge is 1.00 e. The van der Waals surface area contributed by atoms with Crippen LogP contribution in [0.5, 0.6) is 0 Å². The molecule has 0 aromatic rings. The van der Waals surface area contributed by atoms with Gasteiger partial charge in [0.25, 0.3) is 0 Å². The average molecular weight is 181 g/mol. The summed E-state index contributed by atoms with van der Waals surface area (Å²) in [6, 6.07) is 0. The summed E-state index contributed by atoms with van der Waals surface area (Å²) in [4.78, 5) is 26.0. The van der Waals surface area contributed by atoms with Crippen molar-refractivity contribution in [2.24, 2.45) is 5.34 Å². The molecule has 0 rings (SSSR count). The van der Waals surface area contributed by atoms with Crippen LogP contribution in [-0.4, -0.2) is 17.1 Å². The van der Waals surface area contributed by atoms with Crippen LogP contribution >= 0.6 is 0 Å². The Labute approximate surface area is 105 Å². The molecular formula is C2HNNa2O6. The molecule has 1 N–H and O–H groups in total. The van der Waals surface area contributed by atoms with E-state index in [1.807, 2.05) is 0 Å². The van der Waals surface area contributed by atoms with Gasteiger partial charge in [0.2, 0.25) is 0 Å². The standard InChI is InChI=1S/C2H2O4.HNO2.2Na/c3-1(4)2(5)6;2-1-3;;/h(H,3,4)(H,5,6);(H,2,3);;/q;;2*+1/p-2. The number of aliphatic carboxylic acids is 2. The molecule has 0 aliphatic heterocycles. The summed E-state index contributed by atoms with van der Waals surface area (Å²) < 4.78 is 0. The van der Waals surface area contributed by atoms with Crippen LogP contribution in [0.15, 0.2) is 5.34 Å². The Hall–Kier alpha value is 0.340. The molecule has 0 unspecified atom stereocenters. The fraction of sp³-hybridized carbons (Fsp3) is 0. The third kappa shape index (κ3) is 38.2. The van der Waals surface area contributed by atoms with E-state index in [1.165, 1.54) is 5.34 Å². The van der Waals surface area contributed by atoms with Crippen molar-refractivity contribution < 1.29 is 84.1 Å². The van der Waals surface area contributed by atoms with Crippen LogP contribution in [0.2, 0.25) is 0 Å². The molecule has 7 nitrogen and oxygen atoms in total. The van der Waals surface area contributed by atoms with Crippen molar-refractivity contribution >= 4 is 11.9 Å². The van der Waals surface area contributed by atoms with E-state index in [0.717, 1.165) is 0 Å². The number of carboxylic acid groups (broad SMARTS) is 2. The minimum absolute atomic E-state index is 0. The van der Waals surface area contributed by atoms with Crippen LogP contribution in [0.3, 0.4) is 0 Å². The van der Waals surface area contributed by atoms with Crippen LogP contribution in [0.25, 0.3) is 0 Å². The molecule has 0 aromatic carbocycles. The zero-order valence-corrected chi connectivity index (χ0v) is 9.94. The Morgan fingerprint density at radius 3 is 1.18 bits per heavy atom. The third-order valence-electron chi connectivity index (χ3n) is 0.167. The maximum Gasteiger partial charge on any atom is 1.00 e. The summed E-state index contributed by atoms with van der Waals surface area (Å²) in [6.45, 7) is 0.